The number of anilines is 1. The maximum absolute atomic E-state index is 13.7. The predicted octanol–water partition coefficient (Wildman–Crippen LogP) is -4.42. The van der Waals surface area contributed by atoms with E-state index in [4.69, 9.17) is 33.5 Å². The molecule has 1 aromatic carbocycles. The Morgan fingerprint density at radius 3 is 1.80 bits per heavy atom. The van der Waals surface area contributed by atoms with Gasteiger partial charge in [-0.2, -0.15) is 0 Å². The predicted molar refractivity (Wildman–Crippen MR) is 274 cm³/mol. The molecule has 0 aliphatic carbocycles. The molecule has 12 N–H and O–H groups in total. The van der Waals surface area contributed by atoms with Crippen LogP contribution in [0.15, 0.2) is 36.4 Å². The summed E-state index contributed by atoms with van der Waals surface area (Å²) in [6, 6.07) is -2.26. The minimum absolute atomic E-state index is 0.00527. The molecule has 2 heterocycles. The molecule has 0 saturated carbocycles. The number of amides is 10. The van der Waals surface area contributed by atoms with Crippen LogP contribution in [0.1, 0.15) is 58.4 Å². The van der Waals surface area contributed by atoms with Crippen molar-refractivity contribution in [2.45, 2.75) is 95.7 Å². The molecule has 80 heavy (non-hydrogen) atoms. The zero-order valence-corrected chi connectivity index (χ0v) is 45.2. The molecule has 31 nitrogen and oxygen atoms in total. The van der Waals surface area contributed by atoms with Crippen LogP contribution in [0.4, 0.5) is 5.69 Å². The average molecular weight is 1160 g/mol. The van der Waals surface area contributed by atoms with Gasteiger partial charge in [0.05, 0.1) is 85.1 Å². The number of imide groups is 1. The topological polar surface area (TPSA) is 448 Å². The van der Waals surface area contributed by atoms with Gasteiger partial charge >= 0.3 is 19.5 Å². The van der Waals surface area contributed by atoms with Gasteiger partial charge in [0.1, 0.15) is 36.3 Å². The number of carboxylic acids is 1. The molecule has 0 radical (unpaired) electrons. The number of aliphatic carboxylic acids is 1. The molecule has 1 saturated heterocycles. The van der Waals surface area contributed by atoms with Crippen molar-refractivity contribution in [3.63, 3.8) is 0 Å². The van der Waals surface area contributed by atoms with E-state index < -0.39 is 153 Å². The summed E-state index contributed by atoms with van der Waals surface area (Å²) in [5, 5.41) is 38.2. The second kappa shape index (κ2) is 34.7. The number of nitrogens with one attached hydrogen (secondary N) is 8. The first kappa shape index (κ1) is 67.0. The molecule has 0 spiro atoms. The number of cyclic esters (lactones) is 1. The normalized spacial score (nSPS) is 15.9. The number of hydrogen-bond acceptors (Lipinski definition) is 19. The molecule has 0 aromatic heterocycles. The SMILES string of the molecule is CC(C)[C@H](NC(=O)[C@H](CC(=O)O)NC(=O)[C@H](CC(=O)N[C@H]1CCOC1=O)NC(=O)CCOCCOCCOCCOCCNC(=O)[C@H](CNC(=O)CCP(=O)(O)O)N1C(=O)C=CC1=O)C(=O)N[C@@H](C)C(=O)Nc1ccc(CO)cc1. The van der Waals surface area contributed by atoms with Gasteiger partial charge in [0.15, 0.2) is 0 Å². The van der Waals surface area contributed by atoms with Crippen LogP contribution < -0.4 is 42.5 Å². The van der Waals surface area contributed by atoms with Crippen molar-refractivity contribution in [1.82, 2.24) is 42.1 Å². The summed E-state index contributed by atoms with van der Waals surface area (Å²) < 4.78 is 37.6. The summed E-state index contributed by atoms with van der Waals surface area (Å²) in [5.41, 5.74) is 0.981. The molecule has 10 amide bonds. The van der Waals surface area contributed by atoms with E-state index in [0.717, 1.165) is 12.2 Å². The van der Waals surface area contributed by atoms with Gasteiger partial charge in [-0.1, -0.05) is 26.0 Å². The lowest BCUT2D eigenvalue weighted by Gasteiger charge is -2.27. The lowest BCUT2D eigenvalue weighted by molar-refractivity contribution is -0.145. The fourth-order valence-electron chi connectivity index (χ4n) is 7.16. The highest BCUT2D eigenvalue weighted by molar-refractivity contribution is 7.51. The van der Waals surface area contributed by atoms with Crippen molar-refractivity contribution in [3.05, 3.63) is 42.0 Å². The van der Waals surface area contributed by atoms with Gasteiger partial charge in [0.2, 0.25) is 47.3 Å². The standard InChI is InChI=1S/C48H70N9O22P/c1-28(2)42(47(70)51-29(3)43(66)52-31-6-4-30(27-58)5-7-31)56-45(68)34(25-41(64)65)55-44(67)33(24-38(61)53-32-10-15-79-48(32)71)54-37(60)11-14-75-17-19-77-21-22-78-20-18-76-16-13-49-46(69)35(57-39(62)8-9-40(57)63)26-50-36(59)12-23-80(72,73)74/h4-9,28-29,32-35,42,58H,10-27H2,1-3H3,(H,49,69)(H,50,59)(H,51,70)(H,52,66)(H,53,61)(H,54,60)(H,55,67)(H,56,68)(H,64,65)(H2,72,73,74)/t29-,32-,33-,34-,35-,42-/m0/s1. The molecular formula is C48H70N9O22P. The van der Waals surface area contributed by atoms with E-state index in [1.165, 1.54) is 6.92 Å². The van der Waals surface area contributed by atoms with E-state index >= 15 is 0 Å². The van der Waals surface area contributed by atoms with Crippen LogP contribution in [0, 0.1) is 5.92 Å². The number of carbonyl (C=O) groups excluding carboxylic acids is 11. The van der Waals surface area contributed by atoms with Crippen LogP contribution in [-0.4, -0.2) is 211 Å². The van der Waals surface area contributed by atoms with Crippen LogP contribution in [-0.2, 0) is 92.4 Å². The zero-order chi connectivity index (χ0) is 59.4. The largest absolute Gasteiger partial charge is 0.481 e. The highest BCUT2D eigenvalue weighted by atomic mass is 31.2. The number of rotatable bonds is 38. The summed E-state index contributed by atoms with van der Waals surface area (Å²) >= 11 is 0. The van der Waals surface area contributed by atoms with Gasteiger partial charge < -0.3 is 86.2 Å². The zero-order valence-electron chi connectivity index (χ0n) is 44.3. The van der Waals surface area contributed by atoms with Crippen molar-refractivity contribution in [3.8, 4) is 0 Å². The number of hydrogen-bond donors (Lipinski definition) is 12. The van der Waals surface area contributed by atoms with Crippen molar-refractivity contribution < 1.29 is 106 Å². The third kappa shape index (κ3) is 25.3. The van der Waals surface area contributed by atoms with Gasteiger partial charge in [0, 0.05) is 50.2 Å². The van der Waals surface area contributed by atoms with Crippen molar-refractivity contribution in [2.24, 2.45) is 5.92 Å². The molecular weight excluding hydrogens is 1090 g/mol. The van der Waals surface area contributed by atoms with Crippen LogP contribution in [0.5, 0.6) is 0 Å². The molecule has 2 aliphatic heterocycles. The molecule has 0 bridgehead atoms. The van der Waals surface area contributed by atoms with Crippen LogP contribution in [0.25, 0.3) is 0 Å². The monoisotopic (exact) mass is 1160 g/mol. The lowest BCUT2D eigenvalue weighted by Crippen LogP contribution is -2.59. The third-order valence-electron chi connectivity index (χ3n) is 11.4. The highest BCUT2D eigenvalue weighted by Crippen LogP contribution is 2.34. The number of esters is 1. The van der Waals surface area contributed by atoms with E-state index in [1.807, 2.05) is 0 Å². The molecule has 32 heteroatoms. The Balaban J connectivity index is 1.42. The smallest absolute Gasteiger partial charge is 0.328 e. The number of ether oxygens (including phenoxy) is 5. The summed E-state index contributed by atoms with van der Waals surface area (Å²) in [6.45, 7) is 4.15. The molecule has 3 rings (SSSR count). The van der Waals surface area contributed by atoms with Gasteiger partial charge in [-0.05, 0) is 30.5 Å². The number of benzene rings is 1. The Kier molecular flexibility index (Phi) is 29.1. The number of aliphatic hydroxyl groups is 1. The number of nitrogens with zero attached hydrogens (tertiary/aromatic N) is 1. The first-order valence-electron chi connectivity index (χ1n) is 25.2. The van der Waals surface area contributed by atoms with Gasteiger partial charge in [0.25, 0.3) is 11.8 Å². The van der Waals surface area contributed by atoms with Crippen molar-refractivity contribution >= 4 is 84.3 Å². The van der Waals surface area contributed by atoms with E-state index in [0.29, 0.717) is 16.2 Å². The van der Waals surface area contributed by atoms with E-state index in [9.17, 15) is 72.3 Å². The number of aliphatic hydroxyl groups excluding tert-OH is 1. The van der Waals surface area contributed by atoms with E-state index in [1.54, 1.807) is 38.1 Å². The number of carbonyl (C=O) groups is 12. The second-order valence-electron chi connectivity index (χ2n) is 18.2. The van der Waals surface area contributed by atoms with Gasteiger partial charge in [-0.15, -0.1) is 0 Å². The maximum Gasteiger partial charge on any atom is 0.328 e. The molecule has 1 fully saturated rings. The van der Waals surface area contributed by atoms with Crippen molar-refractivity contribution in [2.75, 3.05) is 84.0 Å². The first-order chi connectivity index (χ1) is 37.9. The Labute approximate surface area is 458 Å². The lowest BCUT2D eigenvalue weighted by atomic mass is 10.0. The second-order valence-corrected chi connectivity index (χ2v) is 20.0. The minimum Gasteiger partial charge on any atom is -0.481 e. The van der Waals surface area contributed by atoms with E-state index in [-0.39, 0.29) is 85.5 Å². The third-order valence-corrected chi connectivity index (χ3v) is 12.2. The van der Waals surface area contributed by atoms with E-state index in [2.05, 4.69) is 42.5 Å². The van der Waals surface area contributed by atoms with Crippen LogP contribution in [0.2, 0.25) is 0 Å². The Morgan fingerprint density at radius 1 is 0.675 bits per heavy atom. The summed E-state index contributed by atoms with van der Waals surface area (Å²) in [7, 11) is -4.46. The maximum atomic E-state index is 13.7. The Morgan fingerprint density at radius 2 is 1.25 bits per heavy atom. The molecule has 6 atom stereocenters. The Bertz CT molecular complexity index is 2400. The fraction of sp³-hybridized carbons (Fsp3) is 0.583. The van der Waals surface area contributed by atoms with Gasteiger partial charge in [-0.25, -0.2) is 4.79 Å². The molecule has 1 aromatic rings. The minimum atomic E-state index is -4.46. The first-order valence-corrected chi connectivity index (χ1v) is 27.0. The fourth-order valence-corrected chi connectivity index (χ4v) is 7.65. The summed E-state index contributed by atoms with van der Waals surface area (Å²) in [4.78, 5) is 172. The van der Waals surface area contributed by atoms with Crippen LogP contribution in [0.3, 0.4) is 0 Å². The highest BCUT2D eigenvalue weighted by Gasteiger charge is 2.37. The Hall–Kier alpha value is -7.25. The summed E-state index contributed by atoms with van der Waals surface area (Å²) in [6.07, 6.45) is -1.36. The quantitative estimate of drug-likeness (QED) is 0.0129. The molecule has 444 valence electrons. The average Bonchev–Trinajstić information content (AvgIpc) is 4.00. The van der Waals surface area contributed by atoms with Crippen molar-refractivity contribution in [1.29, 1.82) is 0 Å². The molecule has 2 aliphatic rings. The van der Waals surface area contributed by atoms with Gasteiger partial charge in [-0.3, -0.25) is 62.2 Å². The van der Waals surface area contributed by atoms with Crippen LogP contribution >= 0.6 is 7.60 Å². The molecule has 0 unspecified atom stereocenters. The number of carboxylic acid groups (broad SMARTS) is 1. The summed E-state index contributed by atoms with van der Waals surface area (Å²) in [5.74, 6) is -11.5.